The van der Waals surface area contributed by atoms with E-state index in [0.29, 0.717) is 17.6 Å². The maximum absolute atomic E-state index is 9.49. The third-order valence-electron chi connectivity index (χ3n) is 6.63. The number of aromatic nitrogens is 5. The molecule has 0 atom stereocenters. The van der Waals surface area contributed by atoms with Gasteiger partial charge in [0.05, 0.1) is 0 Å². The van der Waals surface area contributed by atoms with Crippen molar-refractivity contribution in [2.45, 2.75) is 18.9 Å². The third kappa shape index (κ3) is 3.54. The molecule has 1 aliphatic carbocycles. The van der Waals surface area contributed by atoms with Gasteiger partial charge in [0, 0.05) is 49.4 Å². The summed E-state index contributed by atoms with van der Waals surface area (Å²) >= 11 is 0. The molecule has 7 nitrogen and oxygen atoms in total. The number of hydrogen-bond acceptors (Lipinski definition) is 5. The van der Waals surface area contributed by atoms with Gasteiger partial charge in [-0.05, 0) is 29.9 Å². The van der Waals surface area contributed by atoms with Crippen LogP contribution in [0.3, 0.4) is 0 Å². The van der Waals surface area contributed by atoms with Crippen LogP contribution in [0.4, 0.5) is 5.82 Å². The Labute approximate surface area is 197 Å². The predicted octanol–water partition coefficient (Wildman–Crippen LogP) is 4.65. The second-order valence-corrected chi connectivity index (χ2v) is 8.95. The minimum atomic E-state index is 0.231. The van der Waals surface area contributed by atoms with E-state index in [-0.39, 0.29) is 12.6 Å². The highest BCUT2D eigenvalue weighted by Crippen LogP contribution is 2.41. The minimum Gasteiger partial charge on any atom is -0.396 e. The summed E-state index contributed by atoms with van der Waals surface area (Å²) in [6.07, 6.45) is 7.60. The fraction of sp³-hybridized carbons (Fsp3) is 0.222. The average molecular weight is 451 g/mol. The Balaban J connectivity index is 1.60. The van der Waals surface area contributed by atoms with E-state index in [1.165, 1.54) is 0 Å². The lowest BCUT2D eigenvalue weighted by molar-refractivity contribution is 0.151. The molecule has 170 valence electrons. The first-order valence-corrected chi connectivity index (χ1v) is 11.6. The van der Waals surface area contributed by atoms with Crippen LogP contribution in [0.15, 0.2) is 79.3 Å². The molecular weight excluding hydrogens is 424 g/mol. The van der Waals surface area contributed by atoms with Crippen molar-refractivity contribution in [3.05, 3.63) is 79.3 Å². The van der Waals surface area contributed by atoms with Crippen LogP contribution in [0.25, 0.3) is 39.4 Å². The molecule has 0 amide bonds. The van der Waals surface area contributed by atoms with Crippen LogP contribution in [-0.2, 0) is 7.05 Å². The number of benzene rings is 2. The normalized spacial score (nSPS) is 17.6. The minimum absolute atomic E-state index is 0.231. The molecule has 0 saturated heterocycles. The molecule has 34 heavy (non-hydrogen) atoms. The zero-order valence-corrected chi connectivity index (χ0v) is 19.0. The van der Waals surface area contributed by atoms with Crippen molar-refractivity contribution in [1.82, 2.24) is 24.1 Å². The number of fused-ring (bicyclic) bond motifs is 1. The van der Waals surface area contributed by atoms with Gasteiger partial charge in [0.15, 0.2) is 11.6 Å². The lowest BCUT2D eigenvalue weighted by Gasteiger charge is -2.35. The van der Waals surface area contributed by atoms with E-state index >= 15 is 0 Å². The van der Waals surface area contributed by atoms with E-state index in [9.17, 15) is 5.11 Å². The summed E-state index contributed by atoms with van der Waals surface area (Å²) in [6, 6.07) is 21.1. The first-order chi connectivity index (χ1) is 16.7. The summed E-state index contributed by atoms with van der Waals surface area (Å²) in [5, 5.41) is 18.1. The SMILES string of the molecule is Cn1ccnc1-c1nc(NC2CC(CO)C2)c2c(-c3ccccc3)c(-c3ccccc3)cn2n1. The van der Waals surface area contributed by atoms with Gasteiger partial charge < -0.3 is 15.0 Å². The fourth-order valence-electron chi connectivity index (χ4n) is 4.79. The Hall–Kier alpha value is -3.97. The first-order valence-electron chi connectivity index (χ1n) is 11.6. The predicted molar refractivity (Wildman–Crippen MR) is 133 cm³/mol. The molecule has 1 fully saturated rings. The van der Waals surface area contributed by atoms with Gasteiger partial charge in [-0.15, -0.1) is 5.10 Å². The maximum Gasteiger partial charge on any atom is 0.218 e. The van der Waals surface area contributed by atoms with E-state index in [4.69, 9.17) is 10.1 Å². The Morgan fingerprint density at radius 2 is 1.71 bits per heavy atom. The highest BCUT2D eigenvalue weighted by Gasteiger charge is 2.30. The van der Waals surface area contributed by atoms with Crippen LogP contribution in [0, 0.1) is 5.92 Å². The highest BCUT2D eigenvalue weighted by atomic mass is 16.3. The van der Waals surface area contributed by atoms with Crippen LogP contribution in [0.2, 0.25) is 0 Å². The van der Waals surface area contributed by atoms with Crippen LogP contribution in [0.5, 0.6) is 0 Å². The molecule has 0 unspecified atom stereocenters. The maximum atomic E-state index is 9.49. The van der Waals surface area contributed by atoms with Gasteiger partial charge >= 0.3 is 0 Å². The fourth-order valence-corrected chi connectivity index (χ4v) is 4.79. The van der Waals surface area contributed by atoms with E-state index in [2.05, 4.69) is 65.0 Å². The second-order valence-electron chi connectivity index (χ2n) is 8.95. The molecule has 3 aromatic heterocycles. The van der Waals surface area contributed by atoms with Gasteiger partial charge in [0.1, 0.15) is 5.52 Å². The quantitative estimate of drug-likeness (QED) is 0.394. The second kappa shape index (κ2) is 8.43. The Morgan fingerprint density at radius 3 is 2.35 bits per heavy atom. The number of hydrogen-bond donors (Lipinski definition) is 2. The topological polar surface area (TPSA) is 80.3 Å². The summed E-state index contributed by atoms with van der Waals surface area (Å²) in [5.41, 5.74) is 5.37. The summed E-state index contributed by atoms with van der Waals surface area (Å²) < 4.78 is 3.86. The van der Waals surface area contributed by atoms with Crippen molar-refractivity contribution < 1.29 is 5.11 Å². The van der Waals surface area contributed by atoms with Gasteiger partial charge in [-0.2, -0.15) is 0 Å². The standard InChI is InChI=1S/C27H26N6O/c1-32-13-12-28-27(32)26-30-25(29-21-14-18(15-21)17-34)24-23(20-10-6-3-7-11-20)22(16-33(24)31-26)19-8-4-2-5-9-19/h2-13,16,18,21,34H,14-15,17H2,1H3,(H,29,30,31). The third-order valence-corrected chi connectivity index (χ3v) is 6.63. The van der Waals surface area contributed by atoms with Crippen LogP contribution in [0.1, 0.15) is 12.8 Å². The highest BCUT2D eigenvalue weighted by molar-refractivity contribution is 5.99. The van der Waals surface area contributed by atoms with Gasteiger partial charge in [-0.25, -0.2) is 14.5 Å². The van der Waals surface area contributed by atoms with Crippen molar-refractivity contribution in [3.8, 4) is 33.9 Å². The van der Waals surface area contributed by atoms with E-state index in [1.54, 1.807) is 6.20 Å². The number of aliphatic hydroxyl groups excluding tert-OH is 1. The van der Waals surface area contributed by atoms with Gasteiger partial charge in [-0.1, -0.05) is 60.7 Å². The molecule has 2 N–H and O–H groups in total. The summed E-state index contributed by atoms with van der Waals surface area (Å²) in [4.78, 5) is 9.46. The number of aryl methyl sites for hydroxylation is 1. The summed E-state index contributed by atoms with van der Waals surface area (Å²) in [5.74, 6) is 2.41. The van der Waals surface area contributed by atoms with Crippen molar-refractivity contribution in [3.63, 3.8) is 0 Å². The Kier molecular flexibility index (Phi) is 5.11. The molecule has 0 aliphatic heterocycles. The van der Waals surface area contributed by atoms with Crippen molar-refractivity contribution >= 4 is 11.3 Å². The number of nitrogens with one attached hydrogen (secondary N) is 1. The van der Waals surface area contributed by atoms with E-state index in [0.717, 1.165) is 46.4 Å². The lowest BCUT2D eigenvalue weighted by Crippen LogP contribution is -2.37. The first kappa shape index (κ1) is 20.6. The largest absolute Gasteiger partial charge is 0.396 e. The molecule has 6 rings (SSSR count). The Morgan fingerprint density at radius 1 is 1.00 bits per heavy atom. The number of anilines is 1. The molecule has 0 bridgehead atoms. The van der Waals surface area contributed by atoms with Crippen molar-refractivity contribution in [2.75, 3.05) is 11.9 Å². The smallest absolute Gasteiger partial charge is 0.218 e. The number of imidazole rings is 1. The van der Waals surface area contributed by atoms with Crippen LogP contribution in [-0.4, -0.2) is 41.9 Å². The number of nitrogens with zero attached hydrogens (tertiary/aromatic N) is 5. The summed E-state index contributed by atoms with van der Waals surface area (Å²) in [7, 11) is 1.95. The van der Waals surface area contributed by atoms with Crippen LogP contribution < -0.4 is 5.32 Å². The summed E-state index contributed by atoms with van der Waals surface area (Å²) in [6.45, 7) is 0.231. The molecule has 2 aromatic carbocycles. The molecular formula is C27H26N6O. The monoisotopic (exact) mass is 450 g/mol. The molecule has 1 aliphatic rings. The van der Waals surface area contributed by atoms with Crippen molar-refractivity contribution in [1.29, 1.82) is 0 Å². The van der Waals surface area contributed by atoms with E-state index in [1.807, 2.05) is 34.5 Å². The number of rotatable bonds is 6. The zero-order valence-electron chi connectivity index (χ0n) is 19.0. The van der Waals surface area contributed by atoms with Crippen molar-refractivity contribution in [2.24, 2.45) is 13.0 Å². The Bertz CT molecular complexity index is 1430. The molecule has 0 radical (unpaired) electrons. The van der Waals surface area contributed by atoms with E-state index < -0.39 is 0 Å². The lowest BCUT2D eigenvalue weighted by atomic mass is 9.81. The molecule has 7 heteroatoms. The van der Waals surface area contributed by atoms with Gasteiger partial charge in [-0.3, -0.25) is 0 Å². The van der Waals surface area contributed by atoms with Gasteiger partial charge in [0.25, 0.3) is 0 Å². The van der Waals surface area contributed by atoms with Crippen LogP contribution >= 0.6 is 0 Å². The molecule has 1 saturated carbocycles. The average Bonchev–Trinajstić information content (AvgIpc) is 3.45. The molecule has 0 spiro atoms. The molecule has 5 aromatic rings. The van der Waals surface area contributed by atoms with Gasteiger partial charge in [0.2, 0.25) is 5.82 Å². The number of aliphatic hydroxyl groups is 1. The molecule has 3 heterocycles. The zero-order chi connectivity index (χ0) is 23.1.